The van der Waals surface area contributed by atoms with Gasteiger partial charge in [0.25, 0.3) is 0 Å². The first-order valence-electron chi connectivity index (χ1n) is 7.39. The smallest absolute Gasteiger partial charge is 0.191 e. The van der Waals surface area contributed by atoms with Crippen LogP contribution in [-0.4, -0.2) is 33.8 Å². The maximum Gasteiger partial charge on any atom is 0.191 e. The number of hydrogen-bond acceptors (Lipinski definition) is 3. The van der Waals surface area contributed by atoms with Crippen molar-refractivity contribution < 1.29 is 8.78 Å². The third-order valence-electron chi connectivity index (χ3n) is 3.25. The zero-order chi connectivity index (χ0) is 16.7. The Morgan fingerprint density at radius 2 is 2.08 bits per heavy atom. The van der Waals surface area contributed by atoms with Crippen molar-refractivity contribution in [3.05, 3.63) is 47.5 Å². The largest absolute Gasteiger partial charge is 0.357 e. The molecule has 0 unspecified atom stereocenters. The molecule has 0 aliphatic rings. The second-order valence-electron chi connectivity index (χ2n) is 4.88. The van der Waals surface area contributed by atoms with Crippen LogP contribution >= 0.6 is 24.0 Å². The fourth-order valence-electron chi connectivity index (χ4n) is 2.01. The zero-order valence-electron chi connectivity index (χ0n) is 13.6. The van der Waals surface area contributed by atoms with Crippen molar-refractivity contribution in [2.75, 3.05) is 13.1 Å². The predicted molar refractivity (Wildman–Crippen MR) is 99.3 cm³/mol. The molecule has 0 aliphatic carbocycles. The molecule has 1 aromatic carbocycles. The van der Waals surface area contributed by atoms with E-state index < -0.39 is 11.6 Å². The Morgan fingerprint density at radius 3 is 2.75 bits per heavy atom. The topological polar surface area (TPSA) is 67.1 Å². The molecular weight excluding hydrogens is 429 g/mol. The lowest BCUT2D eigenvalue weighted by atomic mass is 10.1. The van der Waals surface area contributed by atoms with E-state index in [1.165, 1.54) is 12.4 Å². The van der Waals surface area contributed by atoms with Gasteiger partial charge in [-0.05, 0) is 25.0 Å². The number of nitrogens with one attached hydrogen (secondary N) is 2. The first-order valence-corrected chi connectivity index (χ1v) is 7.39. The highest BCUT2D eigenvalue weighted by Gasteiger charge is 2.07. The number of aliphatic imine (C=N–C) groups is 1. The number of aryl methyl sites for hydroxylation is 1. The van der Waals surface area contributed by atoms with E-state index in [9.17, 15) is 8.78 Å². The van der Waals surface area contributed by atoms with Gasteiger partial charge in [-0.25, -0.2) is 18.8 Å². The number of benzene rings is 1. The normalized spacial score (nSPS) is 11.1. The Hall–Kier alpha value is -1.78. The lowest BCUT2D eigenvalue weighted by Crippen LogP contribution is -2.38. The van der Waals surface area contributed by atoms with Crippen molar-refractivity contribution in [3.63, 3.8) is 0 Å². The summed E-state index contributed by atoms with van der Waals surface area (Å²) in [5.74, 6) is -0.300. The number of hydrogen-bond donors (Lipinski definition) is 2. The average molecular weight is 450 g/mol. The van der Waals surface area contributed by atoms with Gasteiger partial charge < -0.3 is 10.6 Å². The first-order chi connectivity index (χ1) is 11.1. The molecule has 1 heterocycles. The molecule has 2 rings (SSSR count). The maximum atomic E-state index is 13.6. The van der Waals surface area contributed by atoms with Crippen LogP contribution in [0.5, 0.6) is 0 Å². The summed E-state index contributed by atoms with van der Waals surface area (Å²) in [6, 6.07) is 4.18. The van der Waals surface area contributed by atoms with Crippen LogP contribution in [0, 0.1) is 11.6 Å². The Labute approximate surface area is 156 Å². The molecule has 0 spiro atoms. The van der Waals surface area contributed by atoms with E-state index in [2.05, 4.69) is 25.7 Å². The van der Waals surface area contributed by atoms with Crippen LogP contribution in [0.1, 0.15) is 18.3 Å². The second-order valence-corrected chi connectivity index (χ2v) is 4.88. The van der Waals surface area contributed by atoms with Crippen LogP contribution in [0.15, 0.2) is 29.5 Å². The van der Waals surface area contributed by atoms with Crippen LogP contribution in [0.3, 0.4) is 0 Å². The lowest BCUT2D eigenvalue weighted by Gasteiger charge is -2.11. The number of rotatable bonds is 6. The van der Waals surface area contributed by atoms with Gasteiger partial charge in [0.2, 0.25) is 0 Å². The van der Waals surface area contributed by atoms with Crippen LogP contribution in [0.2, 0.25) is 0 Å². The summed E-state index contributed by atoms with van der Waals surface area (Å²) in [6.45, 7) is 3.45. The van der Waals surface area contributed by atoms with E-state index in [0.717, 1.165) is 11.9 Å². The molecule has 0 amide bonds. The van der Waals surface area contributed by atoms with E-state index in [4.69, 9.17) is 0 Å². The van der Waals surface area contributed by atoms with Gasteiger partial charge in [0, 0.05) is 20.1 Å². The van der Waals surface area contributed by atoms with Crippen LogP contribution in [0.25, 0.3) is 0 Å². The molecule has 1 aromatic heterocycles. The third-order valence-corrected chi connectivity index (χ3v) is 3.25. The molecule has 0 saturated heterocycles. The Kier molecular flexibility index (Phi) is 8.58. The first kappa shape index (κ1) is 20.3. The molecule has 0 bridgehead atoms. The Balaban J connectivity index is 0.00000288. The molecule has 0 fully saturated rings. The van der Waals surface area contributed by atoms with Gasteiger partial charge in [0.15, 0.2) is 17.6 Å². The van der Waals surface area contributed by atoms with Gasteiger partial charge in [-0.15, -0.1) is 24.0 Å². The van der Waals surface area contributed by atoms with E-state index in [-0.39, 0.29) is 24.0 Å². The van der Waals surface area contributed by atoms with E-state index in [1.54, 1.807) is 17.8 Å². The minimum atomic E-state index is -0.828. The Morgan fingerprint density at radius 1 is 1.29 bits per heavy atom. The second kappa shape index (κ2) is 10.2. The van der Waals surface area contributed by atoms with Gasteiger partial charge in [0.05, 0.1) is 0 Å². The summed E-state index contributed by atoms with van der Waals surface area (Å²) < 4.78 is 28.4. The fraction of sp³-hybridized carbons (Fsp3) is 0.400. The van der Waals surface area contributed by atoms with Gasteiger partial charge in [0.1, 0.15) is 18.7 Å². The van der Waals surface area contributed by atoms with E-state index in [0.29, 0.717) is 37.6 Å². The average Bonchev–Trinajstić information content (AvgIpc) is 2.94. The van der Waals surface area contributed by atoms with Crippen LogP contribution in [-0.2, 0) is 20.0 Å². The maximum absolute atomic E-state index is 13.6. The SMILES string of the molecule is CCNC(=NCc1ncnn1C)NCCc1cccc(F)c1F.I. The van der Waals surface area contributed by atoms with Gasteiger partial charge in [-0.3, -0.25) is 4.68 Å². The highest BCUT2D eigenvalue weighted by Crippen LogP contribution is 2.11. The molecule has 9 heteroatoms. The molecule has 0 radical (unpaired) electrons. The summed E-state index contributed by atoms with van der Waals surface area (Å²) in [5.41, 5.74) is 0.335. The molecule has 0 atom stereocenters. The van der Waals surface area contributed by atoms with E-state index >= 15 is 0 Å². The van der Waals surface area contributed by atoms with Gasteiger partial charge in [-0.1, -0.05) is 12.1 Å². The summed E-state index contributed by atoms with van der Waals surface area (Å²) in [7, 11) is 1.80. The Bertz CT molecular complexity index is 674. The molecule has 2 aromatic rings. The van der Waals surface area contributed by atoms with Crippen molar-refractivity contribution in [2.45, 2.75) is 19.9 Å². The molecular formula is C15H21F2IN6. The van der Waals surface area contributed by atoms with E-state index in [1.807, 2.05) is 6.92 Å². The summed E-state index contributed by atoms with van der Waals surface area (Å²) in [6.07, 6.45) is 1.83. The minimum absolute atomic E-state index is 0. The predicted octanol–water partition coefficient (Wildman–Crippen LogP) is 2.01. The summed E-state index contributed by atoms with van der Waals surface area (Å²) in [4.78, 5) is 8.49. The van der Waals surface area contributed by atoms with Crippen molar-refractivity contribution in [1.29, 1.82) is 0 Å². The molecule has 24 heavy (non-hydrogen) atoms. The monoisotopic (exact) mass is 450 g/mol. The highest BCUT2D eigenvalue weighted by atomic mass is 127. The third kappa shape index (κ3) is 5.69. The van der Waals surface area contributed by atoms with Crippen LogP contribution in [0.4, 0.5) is 8.78 Å². The quantitative estimate of drug-likeness (QED) is 0.402. The van der Waals surface area contributed by atoms with Crippen molar-refractivity contribution in [3.8, 4) is 0 Å². The molecule has 0 saturated carbocycles. The number of nitrogens with zero attached hydrogens (tertiary/aromatic N) is 4. The van der Waals surface area contributed by atoms with Crippen molar-refractivity contribution >= 4 is 29.9 Å². The summed E-state index contributed by atoms with van der Waals surface area (Å²) >= 11 is 0. The highest BCUT2D eigenvalue weighted by molar-refractivity contribution is 14.0. The zero-order valence-corrected chi connectivity index (χ0v) is 15.9. The molecule has 132 valence electrons. The summed E-state index contributed by atoms with van der Waals surface area (Å²) in [5, 5.41) is 10.2. The minimum Gasteiger partial charge on any atom is -0.357 e. The molecule has 2 N–H and O–H groups in total. The van der Waals surface area contributed by atoms with Crippen molar-refractivity contribution in [1.82, 2.24) is 25.4 Å². The molecule has 0 aliphatic heterocycles. The number of guanidine groups is 1. The lowest BCUT2D eigenvalue weighted by molar-refractivity contribution is 0.498. The molecule has 6 nitrogen and oxygen atoms in total. The fourth-order valence-corrected chi connectivity index (χ4v) is 2.01. The van der Waals surface area contributed by atoms with Gasteiger partial charge in [-0.2, -0.15) is 5.10 Å². The van der Waals surface area contributed by atoms with Crippen LogP contribution < -0.4 is 10.6 Å². The standard InChI is InChI=1S/C15H20F2N6.HI/c1-3-18-15(20-9-13-21-10-22-23(13)2)19-8-7-11-5-4-6-12(16)14(11)17;/h4-6,10H,3,7-9H2,1-2H3,(H2,18,19,20);1H. The van der Waals surface area contributed by atoms with Gasteiger partial charge >= 0.3 is 0 Å². The number of halogens is 3. The number of aromatic nitrogens is 3. The van der Waals surface area contributed by atoms with Crippen molar-refractivity contribution in [2.24, 2.45) is 12.0 Å².